The maximum absolute atomic E-state index is 12.7. The molecule has 0 saturated carbocycles. The summed E-state index contributed by atoms with van der Waals surface area (Å²) < 4.78 is 1.77. The molecule has 0 radical (unpaired) electrons. The van der Waals surface area contributed by atoms with E-state index in [-0.39, 0.29) is 23.8 Å². The Morgan fingerprint density at radius 1 is 1.34 bits per heavy atom. The number of carbonyl (C=O) groups excluding carboxylic acids is 1. The van der Waals surface area contributed by atoms with Gasteiger partial charge < -0.3 is 10.8 Å². The number of carbonyl (C=O) groups is 1. The Hall–Kier alpha value is -2.54. The number of rotatable bonds is 4. The molecule has 29 heavy (non-hydrogen) atoms. The maximum atomic E-state index is 12.7. The fraction of sp³-hybridized carbons (Fsp3) is 0.545. The van der Waals surface area contributed by atoms with Crippen molar-refractivity contribution in [3.63, 3.8) is 0 Å². The van der Waals surface area contributed by atoms with Gasteiger partial charge in [0.15, 0.2) is 5.82 Å². The minimum atomic E-state index is -0.872. The average molecular weight is 398 g/mol. The molecule has 0 bridgehead atoms. The van der Waals surface area contributed by atoms with E-state index in [9.17, 15) is 9.90 Å². The standard InChI is InChI=1S/C22H31N5O2/c1-13(2)14-7-8-22(6,20(23)29)17-18(15(12-28)21(3,4)5)26-27(19(14)17)16-11-24-9-10-25-16/h9-11,15,28H,7-8,12H2,1-6H3,(H2,23,29). The lowest BCUT2D eigenvalue weighted by Gasteiger charge is -2.36. The summed E-state index contributed by atoms with van der Waals surface area (Å²) in [6.07, 6.45) is 6.22. The van der Waals surface area contributed by atoms with E-state index in [0.29, 0.717) is 17.9 Å². The summed E-state index contributed by atoms with van der Waals surface area (Å²) in [5, 5.41) is 15.2. The van der Waals surface area contributed by atoms with Crippen LogP contribution < -0.4 is 5.73 Å². The van der Waals surface area contributed by atoms with E-state index in [4.69, 9.17) is 10.8 Å². The van der Waals surface area contributed by atoms with E-state index in [0.717, 1.165) is 28.8 Å². The van der Waals surface area contributed by atoms with Crippen molar-refractivity contribution in [2.75, 3.05) is 6.61 Å². The average Bonchev–Trinajstić information content (AvgIpc) is 3.03. The highest BCUT2D eigenvalue weighted by Gasteiger charge is 2.47. The van der Waals surface area contributed by atoms with Crippen LogP contribution in [0.3, 0.4) is 0 Å². The van der Waals surface area contributed by atoms with Gasteiger partial charge in [0.1, 0.15) is 0 Å². The van der Waals surface area contributed by atoms with Gasteiger partial charge in [0.2, 0.25) is 5.91 Å². The van der Waals surface area contributed by atoms with Crippen LogP contribution in [0.15, 0.2) is 24.2 Å². The van der Waals surface area contributed by atoms with Crippen molar-refractivity contribution < 1.29 is 9.90 Å². The highest BCUT2D eigenvalue weighted by Crippen LogP contribution is 2.49. The van der Waals surface area contributed by atoms with Gasteiger partial charge in [0.25, 0.3) is 0 Å². The number of fused-ring (bicyclic) bond motifs is 1. The van der Waals surface area contributed by atoms with Crippen molar-refractivity contribution in [1.29, 1.82) is 0 Å². The molecule has 0 spiro atoms. The van der Waals surface area contributed by atoms with Crippen molar-refractivity contribution in [3.05, 3.63) is 41.1 Å². The van der Waals surface area contributed by atoms with E-state index in [1.807, 2.05) is 6.92 Å². The minimum Gasteiger partial charge on any atom is -0.396 e. The van der Waals surface area contributed by atoms with Gasteiger partial charge in [-0.3, -0.25) is 9.78 Å². The van der Waals surface area contributed by atoms with Crippen LogP contribution in [0.25, 0.3) is 11.4 Å². The monoisotopic (exact) mass is 397 g/mol. The molecule has 0 aliphatic heterocycles. The lowest BCUT2D eigenvalue weighted by atomic mass is 9.66. The van der Waals surface area contributed by atoms with Gasteiger partial charge in [-0.25, -0.2) is 9.67 Å². The highest BCUT2D eigenvalue weighted by atomic mass is 16.3. The van der Waals surface area contributed by atoms with Crippen LogP contribution in [0.4, 0.5) is 0 Å². The first kappa shape index (κ1) is 21.2. The van der Waals surface area contributed by atoms with E-state index in [1.54, 1.807) is 23.3 Å². The molecule has 3 rings (SSSR count). The summed E-state index contributed by atoms with van der Waals surface area (Å²) in [7, 11) is 0. The molecule has 0 aromatic carbocycles. The highest BCUT2D eigenvalue weighted by molar-refractivity contribution is 5.91. The molecule has 1 aliphatic carbocycles. The Labute approximate surface area is 172 Å². The number of aliphatic hydroxyl groups excluding tert-OH is 1. The molecular weight excluding hydrogens is 366 g/mol. The Morgan fingerprint density at radius 2 is 2.03 bits per heavy atom. The molecule has 1 amide bonds. The van der Waals surface area contributed by atoms with Crippen molar-refractivity contribution in [3.8, 4) is 5.82 Å². The van der Waals surface area contributed by atoms with Crippen LogP contribution in [-0.2, 0) is 10.2 Å². The second kappa shape index (κ2) is 7.37. The van der Waals surface area contributed by atoms with E-state index >= 15 is 0 Å². The van der Waals surface area contributed by atoms with Gasteiger partial charge in [-0.2, -0.15) is 5.10 Å². The third-order valence-corrected chi connectivity index (χ3v) is 6.10. The molecule has 7 heteroatoms. The summed E-state index contributed by atoms with van der Waals surface area (Å²) in [6.45, 7) is 12.1. The number of aromatic nitrogens is 4. The molecule has 0 fully saturated rings. The van der Waals surface area contributed by atoms with Crippen molar-refractivity contribution in [1.82, 2.24) is 19.7 Å². The van der Waals surface area contributed by atoms with Crippen molar-refractivity contribution in [2.45, 2.75) is 65.7 Å². The SMILES string of the molecule is CC(C)=C1CCC(C)(C(N)=O)c2c(C(CO)C(C)(C)C)nn(-c3cnccn3)c21. The molecule has 1 aliphatic rings. The minimum absolute atomic E-state index is 0.0770. The van der Waals surface area contributed by atoms with Crippen LogP contribution >= 0.6 is 0 Å². The first-order chi connectivity index (χ1) is 13.5. The Kier molecular flexibility index (Phi) is 5.38. The molecule has 2 unspecified atom stereocenters. The maximum Gasteiger partial charge on any atom is 0.227 e. The third-order valence-electron chi connectivity index (χ3n) is 6.10. The number of primary amides is 1. The van der Waals surface area contributed by atoms with Crippen LogP contribution in [-0.4, -0.2) is 37.4 Å². The molecule has 7 nitrogen and oxygen atoms in total. The quantitative estimate of drug-likeness (QED) is 0.824. The largest absolute Gasteiger partial charge is 0.396 e. The summed E-state index contributed by atoms with van der Waals surface area (Å²) in [6, 6.07) is 0. The summed E-state index contributed by atoms with van der Waals surface area (Å²) in [4.78, 5) is 21.3. The third kappa shape index (κ3) is 3.48. The van der Waals surface area contributed by atoms with Crippen LogP contribution in [0, 0.1) is 5.41 Å². The zero-order valence-electron chi connectivity index (χ0n) is 18.2. The molecule has 3 N–H and O–H groups in total. The van der Waals surface area contributed by atoms with Crippen molar-refractivity contribution in [2.24, 2.45) is 11.1 Å². The molecule has 2 aromatic rings. The fourth-order valence-corrected chi connectivity index (χ4v) is 4.19. The predicted octanol–water partition coefficient (Wildman–Crippen LogP) is 3.11. The molecule has 2 atom stereocenters. The van der Waals surface area contributed by atoms with Crippen LogP contribution in [0.5, 0.6) is 0 Å². The van der Waals surface area contributed by atoms with Crippen LogP contribution in [0.1, 0.15) is 77.3 Å². The molecule has 2 heterocycles. The lowest BCUT2D eigenvalue weighted by molar-refractivity contribution is -0.123. The van der Waals surface area contributed by atoms with E-state index in [1.165, 1.54) is 0 Å². The number of nitrogens with zero attached hydrogens (tertiary/aromatic N) is 4. The first-order valence-electron chi connectivity index (χ1n) is 9.99. The molecular formula is C22H31N5O2. The number of amides is 1. The molecule has 0 saturated heterocycles. The predicted molar refractivity (Wildman–Crippen MR) is 112 cm³/mol. The lowest BCUT2D eigenvalue weighted by Crippen LogP contribution is -2.42. The van der Waals surface area contributed by atoms with E-state index < -0.39 is 5.41 Å². The summed E-state index contributed by atoms with van der Waals surface area (Å²) in [5.41, 5.74) is 9.46. The number of aliphatic hydroxyl groups is 1. The Balaban J connectivity index is 2.46. The normalized spacial score (nSPS) is 20.3. The summed E-state index contributed by atoms with van der Waals surface area (Å²) >= 11 is 0. The van der Waals surface area contributed by atoms with E-state index in [2.05, 4.69) is 44.6 Å². The Morgan fingerprint density at radius 3 is 2.52 bits per heavy atom. The topological polar surface area (TPSA) is 107 Å². The van der Waals surface area contributed by atoms with Gasteiger partial charge in [0, 0.05) is 23.9 Å². The zero-order valence-corrected chi connectivity index (χ0v) is 18.2. The molecule has 156 valence electrons. The number of hydrogen-bond acceptors (Lipinski definition) is 5. The van der Waals surface area contributed by atoms with Gasteiger partial charge in [0.05, 0.1) is 29.6 Å². The van der Waals surface area contributed by atoms with Gasteiger partial charge in [-0.05, 0) is 44.6 Å². The van der Waals surface area contributed by atoms with Crippen LogP contribution in [0.2, 0.25) is 0 Å². The smallest absolute Gasteiger partial charge is 0.227 e. The van der Waals surface area contributed by atoms with Gasteiger partial charge in [-0.15, -0.1) is 0 Å². The second-order valence-corrected chi connectivity index (χ2v) is 9.36. The van der Waals surface area contributed by atoms with Gasteiger partial charge >= 0.3 is 0 Å². The number of nitrogens with two attached hydrogens (primary N) is 1. The fourth-order valence-electron chi connectivity index (χ4n) is 4.19. The first-order valence-corrected chi connectivity index (χ1v) is 9.99. The molecule has 2 aromatic heterocycles. The summed E-state index contributed by atoms with van der Waals surface area (Å²) in [5.74, 6) is -0.0606. The van der Waals surface area contributed by atoms with Gasteiger partial charge in [-0.1, -0.05) is 26.3 Å². The number of hydrogen-bond donors (Lipinski definition) is 2. The van der Waals surface area contributed by atoms with Crippen molar-refractivity contribution >= 4 is 11.5 Å². The second-order valence-electron chi connectivity index (χ2n) is 9.36. The Bertz CT molecular complexity index is 952. The number of allylic oxidation sites excluding steroid dienone is 2. The zero-order chi connectivity index (χ0) is 21.6.